The molecule has 4 rings (SSSR count). The van der Waals surface area contributed by atoms with Crippen LogP contribution in [0.1, 0.15) is 24.2 Å². The second-order valence-electron chi connectivity index (χ2n) is 6.82. The van der Waals surface area contributed by atoms with Gasteiger partial charge in [-0.05, 0) is 49.5 Å². The fourth-order valence-electron chi connectivity index (χ4n) is 3.73. The Labute approximate surface area is 153 Å². The van der Waals surface area contributed by atoms with Crippen LogP contribution < -0.4 is 0 Å². The van der Waals surface area contributed by atoms with E-state index in [0.717, 1.165) is 43.2 Å². The zero-order valence-electron chi connectivity index (χ0n) is 14.3. The molecule has 0 atom stereocenters. The Morgan fingerprint density at radius 3 is 2.60 bits per heavy atom. The van der Waals surface area contributed by atoms with E-state index in [1.54, 1.807) is 0 Å². The highest BCUT2D eigenvalue weighted by molar-refractivity contribution is 6.16. The van der Waals surface area contributed by atoms with Crippen LogP contribution in [-0.2, 0) is 19.0 Å². The molecule has 0 radical (unpaired) electrons. The molecule has 0 bridgehead atoms. The minimum atomic E-state index is 0.434. The van der Waals surface area contributed by atoms with Crippen molar-refractivity contribution in [2.24, 2.45) is 5.92 Å². The zero-order chi connectivity index (χ0) is 17.1. The summed E-state index contributed by atoms with van der Waals surface area (Å²) >= 11 is 6.12. The Morgan fingerprint density at radius 1 is 1.04 bits per heavy atom. The summed E-state index contributed by atoms with van der Waals surface area (Å²) in [5.41, 5.74) is 3.31. The monoisotopic (exact) mass is 354 g/mol. The minimum absolute atomic E-state index is 0.434. The molecule has 3 heterocycles. The summed E-state index contributed by atoms with van der Waals surface area (Å²) in [6, 6.07) is 14.7. The van der Waals surface area contributed by atoms with Gasteiger partial charge in [0.25, 0.3) is 0 Å². The van der Waals surface area contributed by atoms with E-state index in [9.17, 15) is 0 Å². The van der Waals surface area contributed by atoms with Gasteiger partial charge in [-0.2, -0.15) is 0 Å². The summed E-state index contributed by atoms with van der Waals surface area (Å²) in [4.78, 5) is 11.7. The Hall–Kier alpha value is -1.91. The summed E-state index contributed by atoms with van der Waals surface area (Å²) in [5.74, 6) is 2.03. The number of rotatable bonds is 5. The number of aromatic nitrogens is 3. The van der Waals surface area contributed by atoms with Crippen LogP contribution in [0, 0.1) is 5.92 Å². The standard InChI is InChI=1S/C20H23ClN4/c21-13-19-23-18-7-4-10-22-20(18)25(19)15-17-8-11-24(12-9-17)14-16-5-2-1-3-6-16/h1-7,10,17H,8-9,11-15H2. The van der Waals surface area contributed by atoms with Gasteiger partial charge in [-0.1, -0.05) is 30.3 Å². The smallest absolute Gasteiger partial charge is 0.160 e. The average molecular weight is 355 g/mol. The Bertz CT molecular complexity index is 822. The first-order chi connectivity index (χ1) is 12.3. The third kappa shape index (κ3) is 3.70. The van der Waals surface area contributed by atoms with E-state index in [1.165, 1.54) is 18.4 Å². The first kappa shape index (κ1) is 16.6. The fourth-order valence-corrected chi connectivity index (χ4v) is 3.93. The topological polar surface area (TPSA) is 34.0 Å². The van der Waals surface area contributed by atoms with Crippen LogP contribution >= 0.6 is 11.6 Å². The lowest BCUT2D eigenvalue weighted by molar-refractivity contribution is 0.167. The van der Waals surface area contributed by atoms with Gasteiger partial charge in [-0.3, -0.25) is 4.90 Å². The number of benzene rings is 1. The van der Waals surface area contributed by atoms with Crippen LogP contribution in [0.4, 0.5) is 0 Å². The lowest BCUT2D eigenvalue weighted by atomic mass is 9.96. The number of halogens is 1. The molecule has 1 aliphatic rings. The van der Waals surface area contributed by atoms with Crippen molar-refractivity contribution < 1.29 is 0 Å². The van der Waals surface area contributed by atoms with E-state index >= 15 is 0 Å². The molecule has 0 aliphatic carbocycles. The second kappa shape index (κ2) is 7.54. The minimum Gasteiger partial charge on any atom is -0.311 e. The van der Waals surface area contributed by atoms with Gasteiger partial charge in [0.2, 0.25) is 0 Å². The molecule has 4 nitrogen and oxygen atoms in total. The van der Waals surface area contributed by atoms with Gasteiger partial charge in [0.1, 0.15) is 11.3 Å². The highest BCUT2D eigenvalue weighted by Crippen LogP contribution is 2.24. The maximum Gasteiger partial charge on any atom is 0.160 e. The maximum absolute atomic E-state index is 6.12. The normalized spacial score (nSPS) is 16.5. The molecule has 0 N–H and O–H groups in total. The van der Waals surface area contributed by atoms with E-state index in [-0.39, 0.29) is 0 Å². The van der Waals surface area contributed by atoms with E-state index in [0.29, 0.717) is 11.8 Å². The van der Waals surface area contributed by atoms with Crippen LogP contribution in [0.15, 0.2) is 48.7 Å². The van der Waals surface area contributed by atoms with E-state index in [1.807, 2.05) is 18.3 Å². The lowest BCUT2D eigenvalue weighted by Crippen LogP contribution is -2.34. The van der Waals surface area contributed by atoms with Gasteiger partial charge in [0.05, 0.1) is 5.88 Å². The molecule has 1 aromatic carbocycles. The van der Waals surface area contributed by atoms with E-state index in [4.69, 9.17) is 11.6 Å². The largest absolute Gasteiger partial charge is 0.311 e. The molecule has 5 heteroatoms. The molecule has 1 fully saturated rings. The van der Waals surface area contributed by atoms with Crippen LogP contribution in [0.2, 0.25) is 0 Å². The van der Waals surface area contributed by atoms with Gasteiger partial charge in [-0.15, -0.1) is 11.6 Å². The number of alkyl halides is 1. The Balaban J connectivity index is 1.40. The fraction of sp³-hybridized carbons (Fsp3) is 0.400. The van der Waals surface area contributed by atoms with Gasteiger partial charge in [0, 0.05) is 19.3 Å². The molecule has 0 saturated carbocycles. The molecule has 0 spiro atoms. The van der Waals surface area contributed by atoms with Crippen molar-refractivity contribution in [2.75, 3.05) is 13.1 Å². The SMILES string of the molecule is ClCc1nc2cccnc2n1CC1CCN(Cc2ccccc2)CC1. The predicted molar refractivity (Wildman–Crippen MR) is 102 cm³/mol. The molecule has 1 aliphatic heterocycles. The number of fused-ring (bicyclic) bond motifs is 1. The van der Waals surface area contributed by atoms with Gasteiger partial charge >= 0.3 is 0 Å². The third-order valence-corrected chi connectivity index (χ3v) is 5.34. The molecular weight excluding hydrogens is 332 g/mol. The number of pyridine rings is 1. The van der Waals surface area contributed by atoms with Crippen molar-refractivity contribution in [2.45, 2.75) is 31.8 Å². The molecule has 0 unspecified atom stereocenters. The number of nitrogens with zero attached hydrogens (tertiary/aromatic N) is 4. The van der Waals surface area contributed by atoms with Crippen molar-refractivity contribution in [1.82, 2.24) is 19.4 Å². The second-order valence-corrected chi connectivity index (χ2v) is 7.09. The summed E-state index contributed by atoms with van der Waals surface area (Å²) in [6.07, 6.45) is 4.25. The summed E-state index contributed by atoms with van der Waals surface area (Å²) in [7, 11) is 0. The Morgan fingerprint density at radius 2 is 1.84 bits per heavy atom. The first-order valence-corrected chi connectivity index (χ1v) is 9.49. The van der Waals surface area contributed by atoms with Crippen LogP contribution in [0.3, 0.4) is 0 Å². The molecule has 2 aromatic heterocycles. The van der Waals surface area contributed by atoms with Crippen molar-refractivity contribution in [3.63, 3.8) is 0 Å². The zero-order valence-corrected chi connectivity index (χ0v) is 15.1. The summed E-state index contributed by atoms with van der Waals surface area (Å²) in [5, 5.41) is 0. The maximum atomic E-state index is 6.12. The Kier molecular flexibility index (Phi) is 4.99. The van der Waals surface area contributed by atoms with Gasteiger partial charge in [-0.25, -0.2) is 9.97 Å². The van der Waals surface area contributed by atoms with E-state index < -0.39 is 0 Å². The van der Waals surface area contributed by atoms with E-state index in [2.05, 4.69) is 49.8 Å². The van der Waals surface area contributed by atoms with Gasteiger partial charge in [0.15, 0.2) is 5.65 Å². The highest BCUT2D eigenvalue weighted by Gasteiger charge is 2.22. The molecule has 130 valence electrons. The molecule has 1 saturated heterocycles. The van der Waals surface area contributed by atoms with Crippen LogP contribution in [0.25, 0.3) is 11.2 Å². The number of likely N-dealkylation sites (tertiary alicyclic amines) is 1. The average Bonchev–Trinajstić information content (AvgIpc) is 3.02. The molecule has 25 heavy (non-hydrogen) atoms. The van der Waals surface area contributed by atoms with Gasteiger partial charge < -0.3 is 4.57 Å². The molecular formula is C20H23ClN4. The third-order valence-electron chi connectivity index (χ3n) is 5.10. The number of imidazole rings is 1. The number of hydrogen-bond donors (Lipinski definition) is 0. The number of hydrogen-bond acceptors (Lipinski definition) is 3. The highest BCUT2D eigenvalue weighted by atomic mass is 35.5. The predicted octanol–water partition coefficient (Wildman–Crippen LogP) is 4.08. The molecule has 3 aromatic rings. The summed E-state index contributed by atoms with van der Waals surface area (Å²) < 4.78 is 2.22. The first-order valence-electron chi connectivity index (χ1n) is 8.96. The van der Waals surface area contributed by atoms with Crippen molar-refractivity contribution in [3.8, 4) is 0 Å². The quantitative estimate of drug-likeness (QED) is 0.647. The van der Waals surface area contributed by atoms with Crippen molar-refractivity contribution >= 4 is 22.8 Å². The van der Waals surface area contributed by atoms with Crippen LogP contribution in [-0.4, -0.2) is 32.5 Å². The number of piperidine rings is 1. The summed E-state index contributed by atoms with van der Waals surface area (Å²) in [6.45, 7) is 4.32. The molecule has 0 amide bonds. The van der Waals surface area contributed by atoms with Crippen molar-refractivity contribution in [3.05, 3.63) is 60.0 Å². The lowest BCUT2D eigenvalue weighted by Gasteiger charge is -2.32. The van der Waals surface area contributed by atoms with Crippen LogP contribution in [0.5, 0.6) is 0 Å². The van der Waals surface area contributed by atoms with Crippen molar-refractivity contribution in [1.29, 1.82) is 0 Å².